The zero-order valence-corrected chi connectivity index (χ0v) is 23.2. The smallest absolute Gasteiger partial charge is 0.164 e. The van der Waals surface area contributed by atoms with Crippen molar-refractivity contribution in [1.29, 1.82) is 0 Å². The lowest BCUT2D eigenvalue weighted by Gasteiger charge is -2.12. The van der Waals surface area contributed by atoms with Crippen LogP contribution in [0.2, 0.25) is 0 Å². The van der Waals surface area contributed by atoms with Crippen LogP contribution in [-0.2, 0) is 0 Å². The van der Waals surface area contributed by atoms with Gasteiger partial charge in [0.05, 0.1) is 5.69 Å². The molecule has 0 unspecified atom stereocenters. The number of nitrogens with zero attached hydrogens (tertiary/aromatic N) is 5. The number of imidazole rings is 1. The van der Waals surface area contributed by atoms with Gasteiger partial charge in [-0.3, -0.25) is 0 Å². The van der Waals surface area contributed by atoms with Crippen molar-refractivity contribution >= 4 is 16.4 Å². The minimum atomic E-state index is 0.635. The van der Waals surface area contributed by atoms with Gasteiger partial charge in [0, 0.05) is 34.6 Å². The first-order valence-electron chi connectivity index (χ1n) is 14.2. The molecule has 0 aliphatic rings. The minimum Gasteiger partial charge on any atom is -0.306 e. The third kappa shape index (κ3) is 4.73. The Labute approximate surface area is 248 Å². The maximum Gasteiger partial charge on any atom is 0.164 e. The van der Waals surface area contributed by atoms with Gasteiger partial charge in [-0.15, -0.1) is 0 Å². The Balaban J connectivity index is 1.29. The van der Waals surface area contributed by atoms with E-state index in [4.69, 9.17) is 19.9 Å². The molecule has 202 valence electrons. The molecule has 0 saturated carbocycles. The van der Waals surface area contributed by atoms with E-state index in [-0.39, 0.29) is 0 Å². The van der Waals surface area contributed by atoms with Gasteiger partial charge in [0.15, 0.2) is 17.5 Å². The molecule has 0 aliphatic heterocycles. The molecule has 0 radical (unpaired) electrons. The number of hydrogen-bond acceptors (Lipinski definition) is 4. The summed E-state index contributed by atoms with van der Waals surface area (Å²) in [5, 5.41) is 2.34. The zero-order chi connectivity index (χ0) is 28.6. The lowest BCUT2D eigenvalue weighted by molar-refractivity contribution is 1.07. The Kier molecular flexibility index (Phi) is 6.05. The fourth-order valence-corrected chi connectivity index (χ4v) is 5.53. The maximum absolute atomic E-state index is 4.95. The quantitative estimate of drug-likeness (QED) is 0.214. The first kappa shape index (κ1) is 24.8. The molecular weight excluding hydrogens is 526 g/mol. The second kappa shape index (κ2) is 10.5. The lowest BCUT2D eigenvalue weighted by atomic mass is 9.94. The van der Waals surface area contributed by atoms with Gasteiger partial charge in [-0.25, -0.2) is 19.9 Å². The van der Waals surface area contributed by atoms with Crippen LogP contribution in [0, 0.1) is 0 Å². The fourth-order valence-electron chi connectivity index (χ4n) is 5.53. The van der Waals surface area contributed by atoms with Crippen molar-refractivity contribution in [2.24, 2.45) is 0 Å². The monoisotopic (exact) mass is 551 g/mol. The molecule has 3 aromatic heterocycles. The number of benzene rings is 5. The Bertz CT molecular complexity index is 2150. The van der Waals surface area contributed by atoms with Gasteiger partial charge in [0.25, 0.3) is 0 Å². The van der Waals surface area contributed by atoms with E-state index in [1.54, 1.807) is 0 Å². The Hall–Kier alpha value is -5.94. The van der Waals surface area contributed by atoms with Gasteiger partial charge in [0.1, 0.15) is 5.65 Å². The summed E-state index contributed by atoms with van der Waals surface area (Å²) < 4.78 is 2.06. The average molecular weight is 552 g/mol. The molecule has 3 heterocycles. The van der Waals surface area contributed by atoms with Crippen LogP contribution in [0.25, 0.3) is 73.0 Å². The van der Waals surface area contributed by atoms with E-state index >= 15 is 0 Å². The molecule has 43 heavy (non-hydrogen) atoms. The predicted molar refractivity (Wildman–Crippen MR) is 173 cm³/mol. The van der Waals surface area contributed by atoms with E-state index in [0.29, 0.717) is 17.5 Å². The highest BCUT2D eigenvalue weighted by Crippen LogP contribution is 2.36. The molecule has 0 amide bonds. The van der Waals surface area contributed by atoms with Gasteiger partial charge in [-0.2, -0.15) is 0 Å². The molecule has 0 spiro atoms. The molecular formula is C38H25N5. The van der Waals surface area contributed by atoms with Gasteiger partial charge >= 0.3 is 0 Å². The largest absolute Gasteiger partial charge is 0.306 e. The summed E-state index contributed by atoms with van der Waals surface area (Å²) in [5.41, 5.74) is 7.97. The molecule has 0 bridgehead atoms. The van der Waals surface area contributed by atoms with Gasteiger partial charge in [-0.05, 0) is 52.2 Å². The summed E-state index contributed by atoms with van der Waals surface area (Å²) in [5.74, 6) is 1.93. The molecule has 0 saturated heterocycles. The molecule has 0 N–H and O–H groups in total. The first-order valence-corrected chi connectivity index (χ1v) is 14.2. The van der Waals surface area contributed by atoms with E-state index in [1.165, 1.54) is 5.39 Å². The summed E-state index contributed by atoms with van der Waals surface area (Å²) in [4.78, 5) is 19.7. The Morgan fingerprint density at radius 1 is 0.419 bits per heavy atom. The highest BCUT2D eigenvalue weighted by Gasteiger charge is 2.15. The van der Waals surface area contributed by atoms with Crippen LogP contribution in [0.15, 0.2) is 152 Å². The number of pyridine rings is 1. The lowest BCUT2D eigenvalue weighted by Crippen LogP contribution is -2.00. The van der Waals surface area contributed by atoms with Crippen molar-refractivity contribution in [1.82, 2.24) is 24.3 Å². The third-order valence-corrected chi connectivity index (χ3v) is 7.65. The molecule has 5 heteroatoms. The van der Waals surface area contributed by atoms with Crippen LogP contribution < -0.4 is 0 Å². The summed E-state index contributed by atoms with van der Waals surface area (Å²) in [6, 6.07) is 47.6. The molecule has 0 atom stereocenters. The topological polar surface area (TPSA) is 56.0 Å². The summed E-state index contributed by atoms with van der Waals surface area (Å²) >= 11 is 0. The average Bonchev–Trinajstić information content (AvgIpc) is 3.53. The minimum absolute atomic E-state index is 0.635. The summed E-state index contributed by atoms with van der Waals surface area (Å²) in [6.07, 6.45) is 4.11. The number of fused-ring (bicyclic) bond motifs is 2. The molecule has 0 fully saturated rings. The maximum atomic E-state index is 4.95. The molecule has 5 aromatic carbocycles. The van der Waals surface area contributed by atoms with Gasteiger partial charge in [-0.1, -0.05) is 109 Å². The van der Waals surface area contributed by atoms with Crippen LogP contribution in [0.5, 0.6) is 0 Å². The predicted octanol–water partition coefficient (Wildman–Crippen LogP) is 9.01. The van der Waals surface area contributed by atoms with Crippen LogP contribution >= 0.6 is 0 Å². The van der Waals surface area contributed by atoms with E-state index in [1.807, 2.05) is 85.1 Å². The Morgan fingerprint density at radius 2 is 1.02 bits per heavy atom. The number of hydrogen-bond donors (Lipinski definition) is 0. The molecule has 0 aliphatic carbocycles. The fraction of sp³-hybridized carbons (Fsp3) is 0. The second-order valence-corrected chi connectivity index (χ2v) is 10.5. The summed E-state index contributed by atoms with van der Waals surface area (Å²) in [6.45, 7) is 0. The Morgan fingerprint density at radius 3 is 1.74 bits per heavy atom. The first-order chi connectivity index (χ1) is 21.3. The third-order valence-electron chi connectivity index (χ3n) is 7.65. The SMILES string of the molecule is c1ccc(-c2nc(-c3ccccc3)nc(-c3cccc(-c4cc(-c5cn6ccccc6n5)cc5ccccc45)c3)n2)cc1. The second-order valence-electron chi connectivity index (χ2n) is 10.5. The van der Waals surface area contributed by atoms with E-state index in [2.05, 4.69) is 71.3 Å². The van der Waals surface area contributed by atoms with Crippen molar-refractivity contribution in [3.05, 3.63) is 152 Å². The normalized spacial score (nSPS) is 11.3. The number of rotatable bonds is 5. The zero-order valence-electron chi connectivity index (χ0n) is 23.2. The molecule has 8 rings (SSSR count). The highest BCUT2D eigenvalue weighted by atomic mass is 15.0. The van der Waals surface area contributed by atoms with Crippen LogP contribution in [0.3, 0.4) is 0 Å². The van der Waals surface area contributed by atoms with Crippen LogP contribution in [0.1, 0.15) is 0 Å². The van der Waals surface area contributed by atoms with Crippen molar-refractivity contribution in [3.63, 3.8) is 0 Å². The van der Waals surface area contributed by atoms with Crippen LogP contribution in [-0.4, -0.2) is 24.3 Å². The molecule has 8 aromatic rings. The van der Waals surface area contributed by atoms with Crippen LogP contribution in [0.4, 0.5) is 0 Å². The standard InChI is InChI=1S/C38H25N5/c1-3-12-26(13-4-1)36-40-37(27-14-5-2-6-15-27)42-38(41-36)30-18-11-17-29(22-30)33-24-31(23-28-16-7-8-19-32(28)33)34-25-43-21-10-9-20-35(43)39-34/h1-25H. The number of aromatic nitrogens is 5. The van der Waals surface area contributed by atoms with E-state index < -0.39 is 0 Å². The van der Waals surface area contributed by atoms with Gasteiger partial charge in [0.2, 0.25) is 0 Å². The van der Waals surface area contributed by atoms with Crippen molar-refractivity contribution in [2.45, 2.75) is 0 Å². The summed E-state index contributed by atoms with van der Waals surface area (Å²) in [7, 11) is 0. The van der Waals surface area contributed by atoms with E-state index in [9.17, 15) is 0 Å². The molecule has 5 nitrogen and oxygen atoms in total. The highest BCUT2D eigenvalue weighted by molar-refractivity contribution is 6.00. The van der Waals surface area contributed by atoms with E-state index in [0.717, 1.165) is 50.1 Å². The van der Waals surface area contributed by atoms with Crippen molar-refractivity contribution < 1.29 is 0 Å². The van der Waals surface area contributed by atoms with Crippen molar-refractivity contribution in [2.75, 3.05) is 0 Å². The van der Waals surface area contributed by atoms with Gasteiger partial charge < -0.3 is 4.40 Å². The van der Waals surface area contributed by atoms with Crippen molar-refractivity contribution in [3.8, 4) is 56.5 Å².